The van der Waals surface area contributed by atoms with Crippen LogP contribution in [0.5, 0.6) is 17.2 Å². The van der Waals surface area contributed by atoms with Gasteiger partial charge >= 0.3 is 0 Å². The molecular formula is C16H20O4. The lowest BCUT2D eigenvalue weighted by Gasteiger charge is -2.16. The van der Waals surface area contributed by atoms with E-state index >= 15 is 0 Å². The summed E-state index contributed by atoms with van der Waals surface area (Å²) in [7, 11) is 4.78. The van der Waals surface area contributed by atoms with Crippen molar-refractivity contribution in [2.45, 2.75) is 26.7 Å². The summed E-state index contributed by atoms with van der Waals surface area (Å²) in [5.41, 5.74) is 3.87. The molecule has 0 unspecified atom stereocenters. The molecule has 0 fully saturated rings. The second-order valence-electron chi connectivity index (χ2n) is 4.73. The van der Waals surface area contributed by atoms with Crippen molar-refractivity contribution in [2.24, 2.45) is 0 Å². The van der Waals surface area contributed by atoms with Crippen molar-refractivity contribution in [3.05, 3.63) is 22.8 Å². The van der Waals surface area contributed by atoms with Gasteiger partial charge in [-0.2, -0.15) is 0 Å². The molecule has 1 aromatic carbocycles. The second kappa shape index (κ2) is 5.57. The molecule has 0 amide bonds. The Morgan fingerprint density at radius 2 is 1.80 bits per heavy atom. The summed E-state index contributed by atoms with van der Waals surface area (Å²) < 4.78 is 16.2. The number of benzene rings is 1. The maximum atomic E-state index is 12.0. The number of ether oxygens (including phenoxy) is 3. The van der Waals surface area contributed by atoms with E-state index in [2.05, 4.69) is 0 Å². The van der Waals surface area contributed by atoms with Gasteiger partial charge in [-0.1, -0.05) is 6.92 Å². The predicted octanol–water partition coefficient (Wildman–Crippen LogP) is 3.02. The minimum absolute atomic E-state index is 0.179. The molecule has 0 saturated carbocycles. The highest BCUT2D eigenvalue weighted by Crippen LogP contribution is 2.48. The third-order valence-electron chi connectivity index (χ3n) is 3.80. The van der Waals surface area contributed by atoms with Gasteiger partial charge in [-0.3, -0.25) is 4.79 Å². The second-order valence-corrected chi connectivity index (χ2v) is 4.73. The van der Waals surface area contributed by atoms with E-state index in [1.165, 1.54) is 0 Å². The van der Waals surface area contributed by atoms with Gasteiger partial charge in [0.15, 0.2) is 17.3 Å². The van der Waals surface area contributed by atoms with Crippen molar-refractivity contribution in [1.82, 2.24) is 0 Å². The highest BCUT2D eigenvalue weighted by atomic mass is 16.5. The smallest absolute Gasteiger partial charge is 0.203 e. The molecule has 0 aromatic heterocycles. The Bertz CT molecular complexity index is 585. The quantitative estimate of drug-likeness (QED) is 0.829. The number of hydrogen-bond donors (Lipinski definition) is 0. The van der Waals surface area contributed by atoms with Gasteiger partial charge < -0.3 is 14.2 Å². The van der Waals surface area contributed by atoms with E-state index in [9.17, 15) is 4.79 Å². The molecule has 0 spiro atoms. The number of fused-ring (bicyclic) bond motifs is 1. The fourth-order valence-electron chi connectivity index (χ4n) is 2.72. The van der Waals surface area contributed by atoms with Crippen molar-refractivity contribution < 1.29 is 19.0 Å². The van der Waals surface area contributed by atoms with Crippen LogP contribution in [-0.4, -0.2) is 27.1 Å². The summed E-state index contributed by atoms with van der Waals surface area (Å²) in [5.74, 6) is 2.03. The van der Waals surface area contributed by atoms with Gasteiger partial charge in [0.05, 0.1) is 21.3 Å². The number of carbonyl (C=O) groups excluding carboxylic acids is 1. The van der Waals surface area contributed by atoms with Gasteiger partial charge in [-0.15, -0.1) is 0 Å². The number of ketones is 1. The van der Waals surface area contributed by atoms with Crippen LogP contribution in [0.3, 0.4) is 0 Å². The fraction of sp³-hybridized carbons (Fsp3) is 0.438. The minimum atomic E-state index is 0.179. The molecule has 108 valence electrons. The zero-order valence-corrected chi connectivity index (χ0v) is 12.6. The largest absolute Gasteiger partial charge is 0.493 e. The van der Waals surface area contributed by atoms with Crippen LogP contribution in [0.4, 0.5) is 0 Å². The van der Waals surface area contributed by atoms with Crippen LogP contribution in [0.15, 0.2) is 11.6 Å². The highest BCUT2D eigenvalue weighted by molar-refractivity contribution is 6.05. The molecule has 0 saturated heterocycles. The van der Waals surface area contributed by atoms with Crippen LogP contribution in [0.25, 0.3) is 5.57 Å². The van der Waals surface area contributed by atoms with Gasteiger partial charge in [0, 0.05) is 24.0 Å². The van der Waals surface area contributed by atoms with E-state index in [1.54, 1.807) is 21.3 Å². The monoisotopic (exact) mass is 276 g/mol. The van der Waals surface area contributed by atoms with E-state index in [0.29, 0.717) is 30.1 Å². The van der Waals surface area contributed by atoms with Gasteiger partial charge in [-0.25, -0.2) is 0 Å². The van der Waals surface area contributed by atoms with Gasteiger partial charge in [0.2, 0.25) is 5.75 Å². The predicted molar refractivity (Wildman–Crippen MR) is 77.7 cm³/mol. The van der Waals surface area contributed by atoms with Gasteiger partial charge in [0.25, 0.3) is 0 Å². The number of hydrogen-bond acceptors (Lipinski definition) is 4. The zero-order valence-electron chi connectivity index (χ0n) is 12.6. The Morgan fingerprint density at radius 3 is 2.30 bits per heavy atom. The number of carbonyl (C=O) groups is 1. The number of methoxy groups -OCH3 is 3. The number of Topliss-reactive ketones (excluding diaryl/α,β-unsaturated/α-hetero) is 1. The Kier molecular flexibility index (Phi) is 4.02. The molecule has 4 heteroatoms. The van der Waals surface area contributed by atoms with Crippen LogP contribution >= 0.6 is 0 Å². The van der Waals surface area contributed by atoms with Crippen LogP contribution in [0, 0.1) is 0 Å². The van der Waals surface area contributed by atoms with Crippen molar-refractivity contribution in [1.29, 1.82) is 0 Å². The Hall–Kier alpha value is -1.97. The first-order valence-corrected chi connectivity index (χ1v) is 6.64. The standard InChI is InChI=1S/C16H20O4/c1-6-13(17)11-7-12-10(9(11)2)8-14(18-3)16(20-5)15(12)19-4/h8H,6-7H2,1-5H3. The van der Waals surface area contributed by atoms with Crippen molar-refractivity contribution in [3.8, 4) is 17.2 Å². The molecule has 2 rings (SSSR count). The average Bonchev–Trinajstić information content (AvgIpc) is 2.81. The molecule has 0 N–H and O–H groups in total. The van der Waals surface area contributed by atoms with Crippen LogP contribution < -0.4 is 14.2 Å². The molecule has 0 heterocycles. The van der Waals surface area contributed by atoms with Crippen molar-refractivity contribution in [3.63, 3.8) is 0 Å². The Labute approximate surface area is 119 Å². The topological polar surface area (TPSA) is 44.8 Å². The van der Waals surface area contributed by atoms with Crippen molar-refractivity contribution >= 4 is 11.4 Å². The molecule has 0 radical (unpaired) electrons. The van der Waals surface area contributed by atoms with Crippen molar-refractivity contribution in [2.75, 3.05) is 21.3 Å². The van der Waals surface area contributed by atoms with Crippen LogP contribution in [-0.2, 0) is 11.2 Å². The lowest BCUT2D eigenvalue weighted by atomic mass is 10.0. The average molecular weight is 276 g/mol. The third-order valence-corrected chi connectivity index (χ3v) is 3.80. The highest BCUT2D eigenvalue weighted by Gasteiger charge is 2.29. The first kappa shape index (κ1) is 14.4. The summed E-state index contributed by atoms with van der Waals surface area (Å²) in [5, 5.41) is 0. The molecule has 0 aliphatic heterocycles. The normalized spacial score (nSPS) is 13.2. The molecule has 0 bridgehead atoms. The maximum Gasteiger partial charge on any atom is 0.203 e. The first-order chi connectivity index (χ1) is 9.58. The lowest BCUT2D eigenvalue weighted by molar-refractivity contribution is -0.115. The van der Waals surface area contributed by atoms with E-state index in [0.717, 1.165) is 22.3 Å². The molecule has 20 heavy (non-hydrogen) atoms. The number of allylic oxidation sites excluding steroid dienone is 2. The van der Waals surface area contributed by atoms with Gasteiger partial charge in [0.1, 0.15) is 0 Å². The Balaban J connectivity index is 2.64. The molecular weight excluding hydrogens is 256 g/mol. The number of rotatable bonds is 5. The molecule has 4 nitrogen and oxygen atoms in total. The van der Waals surface area contributed by atoms with E-state index in [4.69, 9.17) is 14.2 Å². The zero-order chi connectivity index (χ0) is 14.9. The SMILES string of the molecule is CCC(=O)C1=C(C)c2cc(OC)c(OC)c(OC)c2C1. The Morgan fingerprint density at radius 1 is 1.15 bits per heavy atom. The van der Waals surface area contributed by atoms with Crippen LogP contribution in [0.1, 0.15) is 31.4 Å². The summed E-state index contributed by atoms with van der Waals surface area (Å²) >= 11 is 0. The summed E-state index contributed by atoms with van der Waals surface area (Å²) in [6, 6.07) is 1.92. The molecule has 1 aliphatic carbocycles. The summed E-state index contributed by atoms with van der Waals surface area (Å²) in [6.07, 6.45) is 1.11. The summed E-state index contributed by atoms with van der Waals surface area (Å²) in [6.45, 7) is 3.85. The van der Waals surface area contributed by atoms with E-state index in [-0.39, 0.29) is 5.78 Å². The molecule has 0 atom stereocenters. The van der Waals surface area contributed by atoms with Gasteiger partial charge in [-0.05, 0) is 24.1 Å². The van der Waals surface area contributed by atoms with E-state index < -0.39 is 0 Å². The lowest BCUT2D eigenvalue weighted by Crippen LogP contribution is -2.02. The first-order valence-electron chi connectivity index (χ1n) is 6.64. The fourth-order valence-corrected chi connectivity index (χ4v) is 2.72. The minimum Gasteiger partial charge on any atom is -0.493 e. The van der Waals surface area contributed by atoms with Crippen LogP contribution in [0.2, 0.25) is 0 Å². The molecule has 1 aromatic rings. The summed E-state index contributed by atoms with van der Waals surface area (Å²) in [4.78, 5) is 12.0. The maximum absolute atomic E-state index is 12.0. The molecule has 1 aliphatic rings. The third kappa shape index (κ3) is 2.05. The van der Waals surface area contributed by atoms with E-state index in [1.807, 2.05) is 19.9 Å².